The molecule has 0 bridgehead atoms. The van der Waals surface area contributed by atoms with Gasteiger partial charge in [0.05, 0.1) is 0 Å². The fourth-order valence-corrected chi connectivity index (χ4v) is 2.04. The zero-order chi connectivity index (χ0) is 19.0. The minimum Gasteiger partial charge on any atom is -0.443 e. The summed E-state index contributed by atoms with van der Waals surface area (Å²) in [4.78, 5) is 41.6. The van der Waals surface area contributed by atoms with Crippen LogP contribution in [0.3, 0.4) is 0 Å². The summed E-state index contributed by atoms with van der Waals surface area (Å²) in [6.45, 7) is 10.1. The number of ether oxygens (including phenoxy) is 2. The number of anilines is 1. The number of nitrogens with zero attached hydrogens (tertiary/aromatic N) is 3. The van der Waals surface area contributed by atoms with Crippen LogP contribution in [0.2, 0.25) is 0 Å². The van der Waals surface area contributed by atoms with Crippen molar-refractivity contribution in [2.24, 2.45) is 0 Å². The van der Waals surface area contributed by atoms with Gasteiger partial charge in [-0.1, -0.05) is 0 Å². The van der Waals surface area contributed by atoms with Crippen molar-refractivity contribution < 1.29 is 19.1 Å². The topological polar surface area (TPSA) is 90.7 Å². The Morgan fingerprint density at radius 1 is 1.08 bits per heavy atom. The van der Waals surface area contributed by atoms with Gasteiger partial charge in [-0.15, -0.1) is 0 Å². The third-order valence-electron chi connectivity index (χ3n) is 3.14. The highest BCUT2D eigenvalue weighted by atomic mass is 16.6. The van der Waals surface area contributed by atoms with Crippen LogP contribution >= 0.6 is 0 Å². The maximum atomic E-state index is 12.5. The van der Waals surface area contributed by atoms with E-state index in [0.29, 0.717) is 4.90 Å². The first-order valence-corrected chi connectivity index (χ1v) is 8.23. The van der Waals surface area contributed by atoms with Crippen molar-refractivity contribution in [3.63, 3.8) is 0 Å². The lowest BCUT2D eigenvalue weighted by atomic mass is 10.2. The highest BCUT2D eigenvalue weighted by Crippen LogP contribution is 2.33. The molecule has 1 fully saturated rings. The predicted octanol–water partition coefficient (Wildman–Crippen LogP) is 3.25. The van der Waals surface area contributed by atoms with Gasteiger partial charge in [0.15, 0.2) is 5.82 Å². The van der Waals surface area contributed by atoms with Crippen molar-refractivity contribution in [1.29, 1.82) is 0 Å². The zero-order valence-electron chi connectivity index (χ0n) is 15.5. The molecule has 0 radical (unpaired) electrons. The van der Waals surface area contributed by atoms with Gasteiger partial charge in [-0.2, -0.15) is 9.88 Å². The molecule has 2 amide bonds. The second-order valence-electron chi connectivity index (χ2n) is 8.00. The van der Waals surface area contributed by atoms with Crippen LogP contribution in [0.4, 0.5) is 15.4 Å². The average molecular weight is 351 g/mol. The Kier molecular flexibility index (Phi) is 4.92. The standard InChI is InChI=1S/C17H25N3O5/c1-16(2,3)24-14(22)20(15(23)25-17(4,5)6)12-9-10-19(11-7-8-11)13(21)18-12/h9-11H,7-8H2,1-6H3. The van der Waals surface area contributed by atoms with Gasteiger partial charge in [-0.05, 0) is 60.5 Å². The predicted molar refractivity (Wildman–Crippen MR) is 91.7 cm³/mol. The van der Waals surface area contributed by atoms with Crippen LogP contribution < -0.4 is 10.6 Å². The molecule has 0 N–H and O–H groups in total. The molecule has 1 aromatic heterocycles. The molecule has 1 aliphatic rings. The minimum atomic E-state index is -0.946. The fourth-order valence-electron chi connectivity index (χ4n) is 2.04. The van der Waals surface area contributed by atoms with Crippen LogP contribution in [0.1, 0.15) is 60.4 Å². The molecule has 0 aromatic carbocycles. The highest BCUT2D eigenvalue weighted by molar-refractivity contribution is 6.08. The number of aromatic nitrogens is 2. The Morgan fingerprint density at radius 3 is 1.92 bits per heavy atom. The van der Waals surface area contributed by atoms with Gasteiger partial charge in [0.1, 0.15) is 11.2 Å². The van der Waals surface area contributed by atoms with Gasteiger partial charge in [0, 0.05) is 12.2 Å². The zero-order valence-corrected chi connectivity index (χ0v) is 15.5. The van der Waals surface area contributed by atoms with Crippen molar-refractivity contribution >= 4 is 18.0 Å². The van der Waals surface area contributed by atoms with E-state index in [-0.39, 0.29) is 11.9 Å². The largest absolute Gasteiger partial charge is 0.443 e. The number of hydrogen-bond donors (Lipinski definition) is 0. The molecule has 0 unspecified atom stereocenters. The van der Waals surface area contributed by atoms with E-state index in [1.54, 1.807) is 41.5 Å². The summed E-state index contributed by atoms with van der Waals surface area (Å²) < 4.78 is 12.0. The van der Waals surface area contributed by atoms with E-state index >= 15 is 0 Å². The first-order valence-electron chi connectivity index (χ1n) is 8.23. The third kappa shape index (κ3) is 5.30. The maximum Gasteiger partial charge on any atom is 0.425 e. The summed E-state index contributed by atoms with van der Waals surface area (Å²) in [5.41, 5.74) is -2.15. The number of hydrogen-bond acceptors (Lipinski definition) is 6. The maximum absolute atomic E-state index is 12.5. The van der Waals surface area contributed by atoms with E-state index in [4.69, 9.17) is 9.47 Å². The Hall–Kier alpha value is -2.38. The first kappa shape index (κ1) is 19.0. The summed E-state index contributed by atoms with van der Waals surface area (Å²) in [7, 11) is 0. The van der Waals surface area contributed by atoms with Crippen LogP contribution in [0.25, 0.3) is 0 Å². The Morgan fingerprint density at radius 2 is 1.56 bits per heavy atom. The van der Waals surface area contributed by atoms with Crippen LogP contribution in [0.5, 0.6) is 0 Å². The number of carbonyl (C=O) groups is 2. The average Bonchev–Trinajstić information content (AvgIpc) is 3.18. The van der Waals surface area contributed by atoms with Crippen molar-refractivity contribution in [3.8, 4) is 0 Å². The van der Waals surface area contributed by atoms with Gasteiger partial charge in [0.25, 0.3) is 0 Å². The van der Waals surface area contributed by atoms with E-state index in [1.165, 1.54) is 16.8 Å². The number of rotatable bonds is 2. The molecule has 1 aliphatic carbocycles. The normalized spacial score (nSPS) is 14.8. The molecular formula is C17H25N3O5. The van der Waals surface area contributed by atoms with Crippen LogP contribution in [0.15, 0.2) is 17.1 Å². The lowest BCUT2D eigenvalue weighted by molar-refractivity contribution is 0.0429. The van der Waals surface area contributed by atoms with Crippen molar-refractivity contribution in [2.75, 3.05) is 4.90 Å². The molecule has 0 aliphatic heterocycles. The summed E-state index contributed by atoms with van der Waals surface area (Å²) in [5.74, 6) is -0.120. The second-order valence-corrected chi connectivity index (χ2v) is 8.00. The summed E-state index contributed by atoms with van der Waals surface area (Å²) >= 11 is 0. The highest BCUT2D eigenvalue weighted by Gasteiger charge is 2.34. The Labute approximate surface area is 146 Å². The Bertz CT molecular complexity index is 695. The third-order valence-corrected chi connectivity index (χ3v) is 3.14. The van der Waals surface area contributed by atoms with Crippen LogP contribution in [-0.2, 0) is 9.47 Å². The first-order chi connectivity index (χ1) is 11.4. The lowest BCUT2D eigenvalue weighted by Crippen LogP contribution is -2.45. The van der Waals surface area contributed by atoms with Crippen molar-refractivity contribution in [1.82, 2.24) is 9.55 Å². The molecule has 2 rings (SSSR count). The molecule has 1 heterocycles. The van der Waals surface area contributed by atoms with Gasteiger partial charge < -0.3 is 9.47 Å². The van der Waals surface area contributed by atoms with Gasteiger partial charge in [0.2, 0.25) is 0 Å². The lowest BCUT2D eigenvalue weighted by Gasteiger charge is -2.28. The summed E-state index contributed by atoms with van der Waals surface area (Å²) in [6.07, 6.45) is 1.48. The van der Waals surface area contributed by atoms with Crippen LogP contribution in [-0.4, -0.2) is 32.9 Å². The van der Waals surface area contributed by atoms with E-state index in [0.717, 1.165) is 12.8 Å². The smallest absolute Gasteiger partial charge is 0.425 e. The van der Waals surface area contributed by atoms with E-state index in [2.05, 4.69) is 4.98 Å². The molecule has 0 saturated heterocycles. The molecule has 0 atom stereocenters. The molecule has 8 heteroatoms. The number of carbonyl (C=O) groups excluding carboxylic acids is 2. The minimum absolute atomic E-state index is 0.120. The van der Waals surface area contributed by atoms with Crippen molar-refractivity contribution in [3.05, 3.63) is 22.7 Å². The summed E-state index contributed by atoms with van der Waals surface area (Å²) in [6, 6.07) is 1.58. The number of amides is 2. The molecule has 1 aromatic rings. The molecule has 25 heavy (non-hydrogen) atoms. The summed E-state index contributed by atoms with van der Waals surface area (Å²) in [5, 5.41) is 0. The van der Waals surface area contributed by atoms with Crippen LogP contribution in [0, 0.1) is 0 Å². The van der Waals surface area contributed by atoms with Gasteiger partial charge in [-0.25, -0.2) is 14.4 Å². The quantitative estimate of drug-likeness (QED) is 0.812. The Balaban J connectivity index is 2.36. The van der Waals surface area contributed by atoms with Crippen molar-refractivity contribution in [2.45, 2.75) is 71.6 Å². The molecule has 0 spiro atoms. The molecule has 138 valence electrons. The van der Waals surface area contributed by atoms with Gasteiger partial charge >= 0.3 is 17.9 Å². The number of imide groups is 1. The molecule has 8 nitrogen and oxygen atoms in total. The monoisotopic (exact) mass is 351 g/mol. The van der Waals surface area contributed by atoms with E-state index in [9.17, 15) is 14.4 Å². The molecular weight excluding hydrogens is 326 g/mol. The fraction of sp³-hybridized carbons (Fsp3) is 0.647. The SMILES string of the molecule is CC(C)(C)OC(=O)N(C(=O)OC(C)(C)C)c1ccn(C2CC2)c(=O)n1. The van der Waals surface area contributed by atoms with E-state index in [1.807, 2.05) is 0 Å². The van der Waals surface area contributed by atoms with Gasteiger partial charge in [-0.3, -0.25) is 4.57 Å². The molecule has 1 saturated carbocycles. The van der Waals surface area contributed by atoms with E-state index < -0.39 is 29.1 Å². The second kappa shape index (κ2) is 6.50.